The van der Waals surface area contributed by atoms with Gasteiger partial charge in [0.25, 0.3) is 5.91 Å². The highest BCUT2D eigenvalue weighted by atomic mass is 19.1. The second-order valence-electron chi connectivity index (χ2n) is 6.28. The van der Waals surface area contributed by atoms with E-state index in [2.05, 4.69) is 10.00 Å². The second kappa shape index (κ2) is 8.09. The molecule has 138 valence electrons. The highest BCUT2D eigenvalue weighted by Crippen LogP contribution is 2.13. The van der Waals surface area contributed by atoms with Crippen LogP contribution in [0.1, 0.15) is 22.5 Å². The largest absolute Gasteiger partial charge is 0.481 e. The topological polar surface area (TPSA) is 78.7 Å². The van der Waals surface area contributed by atoms with Gasteiger partial charge in [-0.1, -0.05) is 12.1 Å². The van der Waals surface area contributed by atoms with Crippen molar-refractivity contribution in [1.82, 2.24) is 19.6 Å². The van der Waals surface area contributed by atoms with Gasteiger partial charge in [0.15, 0.2) is 0 Å². The van der Waals surface area contributed by atoms with Crippen molar-refractivity contribution >= 4 is 11.9 Å². The quantitative estimate of drug-likeness (QED) is 0.844. The zero-order chi connectivity index (χ0) is 18.5. The fourth-order valence-electron chi connectivity index (χ4n) is 3.06. The molecule has 8 heteroatoms. The molecule has 0 spiro atoms. The first kappa shape index (κ1) is 18.1. The Kier molecular flexibility index (Phi) is 5.62. The minimum Gasteiger partial charge on any atom is -0.481 e. The number of carboxylic acid groups (broad SMARTS) is 1. The van der Waals surface area contributed by atoms with Crippen molar-refractivity contribution in [2.75, 3.05) is 26.2 Å². The molecule has 1 amide bonds. The van der Waals surface area contributed by atoms with Crippen molar-refractivity contribution in [3.63, 3.8) is 0 Å². The van der Waals surface area contributed by atoms with Crippen LogP contribution in [0.15, 0.2) is 36.5 Å². The highest BCUT2D eigenvalue weighted by molar-refractivity contribution is 5.92. The van der Waals surface area contributed by atoms with Gasteiger partial charge < -0.3 is 10.0 Å². The van der Waals surface area contributed by atoms with Crippen molar-refractivity contribution in [2.45, 2.75) is 19.5 Å². The molecule has 1 saturated heterocycles. The van der Waals surface area contributed by atoms with Gasteiger partial charge in [-0.25, -0.2) is 4.39 Å². The summed E-state index contributed by atoms with van der Waals surface area (Å²) in [4.78, 5) is 27.3. The minimum atomic E-state index is -0.926. The molecule has 0 aliphatic carbocycles. The number of aromatic nitrogens is 2. The third-order valence-electron chi connectivity index (χ3n) is 4.43. The normalized spacial score (nSPS) is 15.2. The number of carbonyl (C=O) groups excluding carboxylic acids is 1. The molecule has 1 N–H and O–H groups in total. The summed E-state index contributed by atoms with van der Waals surface area (Å²) in [6.45, 7) is 3.35. The second-order valence-corrected chi connectivity index (χ2v) is 6.28. The Balaban J connectivity index is 1.55. The van der Waals surface area contributed by atoms with Crippen LogP contribution in [0.3, 0.4) is 0 Å². The molecule has 1 aliphatic heterocycles. The molecule has 0 radical (unpaired) electrons. The first-order valence-electron chi connectivity index (χ1n) is 8.52. The number of nitrogens with zero attached hydrogens (tertiary/aromatic N) is 4. The van der Waals surface area contributed by atoms with Crippen molar-refractivity contribution in [3.8, 4) is 0 Å². The maximum Gasteiger partial charge on any atom is 0.305 e. The van der Waals surface area contributed by atoms with Crippen LogP contribution in [-0.4, -0.2) is 62.7 Å². The Morgan fingerprint density at radius 1 is 1.15 bits per heavy atom. The lowest BCUT2D eigenvalue weighted by atomic mass is 10.2. The maximum absolute atomic E-state index is 13.3. The van der Waals surface area contributed by atoms with Crippen molar-refractivity contribution in [2.24, 2.45) is 0 Å². The predicted molar refractivity (Wildman–Crippen MR) is 92.1 cm³/mol. The third kappa shape index (κ3) is 4.45. The van der Waals surface area contributed by atoms with Gasteiger partial charge in [0.2, 0.25) is 0 Å². The van der Waals surface area contributed by atoms with Gasteiger partial charge in [-0.2, -0.15) is 5.10 Å². The third-order valence-corrected chi connectivity index (χ3v) is 4.43. The first-order chi connectivity index (χ1) is 12.5. The molecule has 2 aromatic rings. The van der Waals surface area contributed by atoms with Crippen LogP contribution in [0.4, 0.5) is 4.39 Å². The molecule has 0 atom stereocenters. The van der Waals surface area contributed by atoms with E-state index < -0.39 is 5.97 Å². The van der Waals surface area contributed by atoms with Crippen LogP contribution < -0.4 is 0 Å². The average Bonchev–Trinajstić information content (AvgIpc) is 3.08. The molecule has 1 aliphatic rings. The van der Waals surface area contributed by atoms with E-state index in [1.165, 1.54) is 23.0 Å². The number of aryl methyl sites for hydroxylation is 1. The average molecular weight is 360 g/mol. The molecule has 1 aromatic carbocycles. The monoisotopic (exact) mass is 360 g/mol. The number of hydrogen-bond acceptors (Lipinski definition) is 4. The lowest BCUT2D eigenvalue weighted by Crippen LogP contribution is -2.48. The molecule has 7 nitrogen and oxygen atoms in total. The minimum absolute atomic E-state index is 0.0800. The van der Waals surface area contributed by atoms with E-state index in [1.54, 1.807) is 17.0 Å². The summed E-state index contributed by atoms with van der Waals surface area (Å²) in [5.41, 5.74) is 1.32. The molecule has 2 heterocycles. The lowest BCUT2D eigenvalue weighted by molar-refractivity contribution is -0.137. The van der Waals surface area contributed by atoms with E-state index in [9.17, 15) is 14.0 Å². The van der Waals surface area contributed by atoms with Gasteiger partial charge in [-0.15, -0.1) is 0 Å². The lowest BCUT2D eigenvalue weighted by Gasteiger charge is -2.34. The number of amides is 1. The molecule has 1 fully saturated rings. The first-order valence-corrected chi connectivity index (χ1v) is 8.52. The van der Waals surface area contributed by atoms with Crippen molar-refractivity contribution in [1.29, 1.82) is 0 Å². The van der Waals surface area contributed by atoms with Gasteiger partial charge in [0, 0.05) is 38.9 Å². The zero-order valence-electron chi connectivity index (χ0n) is 14.3. The Morgan fingerprint density at radius 3 is 2.62 bits per heavy atom. The smallest absolute Gasteiger partial charge is 0.305 e. The van der Waals surface area contributed by atoms with Crippen LogP contribution >= 0.6 is 0 Å². The van der Waals surface area contributed by atoms with E-state index in [-0.39, 0.29) is 24.7 Å². The van der Waals surface area contributed by atoms with Gasteiger partial charge in [0.1, 0.15) is 11.5 Å². The number of benzene rings is 1. The van der Waals surface area contributed by atoms with E-state index >= 15 is 0 Å². The number of rotatable bonds is 6. The fourth-order valence-corrected chi connectivity index (χ4v) is 3.06. The number of carboxylic acids is 1. The van der Waals surface area contributed by atoms with Gasteiger partial charge in [-0.3, -0.25) is 19.2 Å². The van der Waals surface area contributed by atoms with Gasteiger partial charge >= 0.3 is 5.97 Å². The van der Waals surface area contributed by atoms with Crippen LogP contribution in [0.2, 0.25) is 0 Å². The maximum atomic E-state index is 13.3. The summed E-state index contributed by atoms with van der Waals surface area (Å²) in [5, 5.41) is 12.8. The standard InChI is InChI=1S/C18H21FN4O3/c19-15-3-1-2-14(12-15)13-21-8-10-22(11-9-21)18(26)16-4-6-20-23(16)7-5-17(24)25/h1-4,6,12H,5,7-11,13H2,(H,24,25). The van der Waals surface area contributed by atoms with Crippen LogP contribution in [0.5, 0.6) is 0 Å². The SMILES string of the molecule is O=C(O)CCn1nccc1C(=O)N1CCN(Cc2cccc(F)c2)CC1. The van der Waals surface area contributed by atoms with E-state index in [4.69, 9.17) is 5.11 Å². The fraction of sp³-hybridized carbons (Fsp3) is 0.389. The summed E-state index contributed by atoms with van der Waals surface area (Å²) in [7, 11) is 0. The number of halogens is 1. The van der Waals surface area contributed by atoms with E-state index in [0.717, 1.165) is 5.56 Å². The summed E-state index contributed by atoms with van der Waals surface area (Å²) < 4.78 is 14.7. The zero-order valence-corrected chi connectivity index (χ0v) is 14.3. The summed E-state index contributed by atoms with van der Waals surface area (Å²) >= 11 is 0. The number of piperazine rings is 1. The summed E-state index contributed by atoms with van der Waals surface area (Å²) in [5.74, 6) is -1.31. The summed E-state index contributed by atoms with van der Waals surface area (Å²) in [6.07, 6.45) is 1.43. The van der Waals surface area contributed by atoms with Crippen molar-refractivity contribution in [3.05, 3.63) is 53.6 Å². The van der Waals surface area contributed by atoms with Crippen LogP contribution in [0.25, 0.3) is 0 Å². The molecule has 3 rings (SSSR count). The number of hydrogen-bond donors (Lipinski definition) is 1. The van der Waals surface area contributed by atoms with E-state index in [0.29, 0.717) is 38.4 Å². The van der Waals surface area contributed by atoms with Crippen molar-refractivity contribution < 1.29 is 19.1 Å². The van der Waals surface area contributed by atoms with E-state index in [1.807, 2.05) is 6.07 Å². The highest BCUT2D eigenvalue weighted by Gasteiger charge is 2.24. The van der Waals surface area contributed by atoms with Crippen LogP contribution in [-0.2, 0) is 17.9 Å². The van der Waals surface area contributed by atoms with Crippen LogP contribution in [0, 0.1) is 5.82 Å². The van der Waals surface area contributed by atoms with Gasteiger partial charge in [0.05, 0.1) is 13.0 Å². The molecule has 26 heavy (non-hydrogen) atoms. The predicted octanol–water partition coefficient (Wildman–Crippen LogP) is 1.45. The Hall–Kier alpha value is -2.74. The number of carbonyl (C=O) groups is 2. The molecular weight excluding hydrogens is 339 g/mol. The molecule has 0 unspecified atom stereocenters. The molecular formula is C18H21FN4O3. The molecule has 0 saturated carbocycles. The Labute approximate surface area is 150 Å². The Bertz CT molecular complexity index is 784. The molecule has 1 aromatic heterocycles. The molecule has 0 bridgehead atoms. The summed E-state index contributed by atoms with van der Waals surface area (Å²) in [6, 6.07) is 8.15. The Morgan fingerprint density at radius 2 is 1.92 bits per heavy atom. The van der Waals surface area contributed by atoms with Gasteiger partial charge in [-0.05, 0) is 23.8 Å². The number of aliphatic carboxylic acids is 1.